The zero-order valence-electron chi connectivity index (χ0n) is 9.41. The van der Waals surface area contributed by atoms with Crippen molar-refractivity contribution in [3.8, 4) is 0 Å². The summed E-state index contributed by atoms with van der Waals surface area (Å²) in [5.74, 6) is -0.684. The van der Waals surface area contributed by atoms with Crippen LogP contribution in [0.15, 0.2) is 23.1 Å². The van der Waals surface area contributed by atoms with Crippen molar-refractivity contribution in [1.82, 2.24) is 0 Å². The number of nitrogens with two attached hydrogens (primary N) is 1. The molecule has 3 N–H and O–H groups in total. The summed E-state index contributed by atoms with van der Waals surface area (Å²) in [4.78, 5) is 20.5. The number of rotatable bonds is 5. The minimum atomic E-state index is -3.53. The molecule has 9 heteroatoms. The van der Waals surface area contributed by atoms with Crippen LogP contribution in [-0.4, -0.2) is 32.0 Å². The van der Waals surface area contributed by atoms with E-state index in [4.69, 9.17) is 5.73 Å². The maximum absolute atomic E-state index is 11.3. The van der Waals surface area contributed by atoms with Gasteiger partial charge in [0.25, 0.3) is 5.69 Å². The molecule has 1 amide bonds. The molecule has 1 rings (SSSR count). The van der Waals surface area contributed by atoms with Gasteiger partial charge in [-0.25, -0.2) is 8.42 Å². The lowest BCUT2D eigenvalue weighted by Crippen LogP contribution is -2.22. The molecular formula is C9H11N3O5S. The van der Waals surface area contributed by atoms with Gasteiger partial charge in [0.1, 0.15) is 5.69 Å². The van der Waals surface area contributed by atoms with E-state index in [9.17, 15) is 23.3 Å². The molecule has 0 aliphatic rings. The van der Waals surface area contributed by atoms with Gasteiger partial charge in [-0.1, -0.05) is 0 Å². The Morgan fingerprint density at radius 3 is 2.56 bits per heavy atom. The number of nitro benzene ring substituents is 1. The van der Waals surface area contributed by atoms with Gasteiger partial charge in [-0.2, -0.15) is 0 Å². The van der Waals surface area contributed by atoms with Crippen LogP contribution < -0.4 is 11.1 Å². The molecular weight excluding hydrogens is 262 g/mol. The minimum Gasteiger partial charge on any atom is -0.371 e. The van der Waals surface area contributed by atoms with Crippen LogP contribution >= 0.6 is 0 Å². The molecule has 0 bridgehead atoms. The molecule has 0 unspecified atom stereocenters. The average Bonchev–Trinajstić information content (AvgIpc) is 2.24. The standard InChI is InChI=1S/C9H11N3O5S/c1-18(16,17)6-2-3-7(11-5-9(10)13)8(4-6)12(14)15/h2-4,11H,5H2,1H3,(H2,10,13). The monoisotopic (exact) mass is 273 g/mol. The van der Waals surface area contributed by atoms with Crippen LogP contribution in [0.25, 0.3) is 0 Å². The van der Waals surface area contributed by atoms with Crippen LogP contribution in [0.4, 0.5) is 11.4 Å². The fourth-order valence-electron chi connectivity index (χ4n) is 1.22. The van der Waals surface area contributed by atoms with Crippen molar-refractivity contribution in [2.24, 2.45) is 5.73 Å². The van der Waals surface area contributed by atoms with E-state index in [1.807, 2.05) is 0 Å². The summed E-state index contributed by atoms with van der Waals surface area (Å²) in [5, 5.41) is 13.3. The Bertz CT molecular complexity index is 596. The molecule has 0 saturated heterocycles. The molecule has 0 radical (unpaired) electrons. The first-order valence-electron chi connectivity index (χ1n) is 4.72. The summed E-state index contributed by atoms with van der Waals surface area (Å²) in [6, 6.07) is 3.36. The highest BCUT2D eigenvalue weighted by Crippen LogP contribution is 2.27. The van der Waals surface area contributed by atoms with Crippen molar-refractivity contribution in [1.29, 1.82) is 0 Å². The van der Waals surface area contributed by atoms with E-state index >= 15 is 0 Å². The van der Waals surface area contributed by atoms with Crippen LogP contribution in [0.1, 0.15) is 0 Å². The van der Waals surface area contributed by atoms with Crippen molar-refractivity contribution in [3.05, 3.63) is 28.3 Å². The number of nitrogens with one attached hydrogen (secondary N) is 1. The SMILES string of the molecule is CS(=O)(=O)c1ccc(NCC(N)=O)c([N+](=O)[O-])c1. The van der Waals surface area contributed by atoms with Crippen LogP contribution in [-0.2, 0) is 14.6 Å². The summed E-state index contributed by atoms with van der Waals surface area (Å²) in [5.41, 5.74) is 4.50. The Labute approximate surface area is 103 Å². The number of nitrogens with zero attached hydrogens (tertiary/aromatic N) is 1. The Kier molecular flexibility index (Phi) is 3.86. The predicted octanol–water partition coefficient (Wildman–Crippen LogP) is -0.104. The Morgan fingerprint density at radius 2 is 2.11 bits per heavy atom. The molecule has 98 valence electrons. The van der Waals surface area contributed by atoms with Gasteiger partial charge in [-0.15, -0.1) is 0 Å². The number of anilines is 1. The van der Waals surface area contributed by atoms with Crippen LogP contribution in [0.2, 0.25) is 0 Å². The van der Waals surface area contributed by atoms with Gasteiger partial charge in [0.2, 0.25) is 5.91 Å². The number of carbonyl (C=O) groups is 1. The number of amides is 1. The Balaban J connectivity index is 3.21. The highest BCUT2D eigenvalue weighted by atomic mass is 32.2. The van der Waals surface area contributed by atoms with Gasteiger partial charge in [0.05, 0.1) is 16.4 Å². The van der Waals surface area contributed by atoms with E-state index in [0.29, 0.717) is 0 Å². The second-order valence-electron chi connectivity index (χ2n) is 3.53. The lowest BCUT2D eigenvalue weighted by molar-refractivity contribution is -0.384. The number of sulfone groups is 1. The van der Waals surface area contributed by atoms with Crippen molar-refractivity contribution in [2.45, 2.75) is 4.90 Å². The first kappa shape index (κ1) is 13.9. The summed E-state index contributed by atoms with van der Waals surface area (Å²) < 4.78 is 22.5. The second-order valence-corrected chi connectivity index (χ2v) is 5.54. The molecule has 0 heterocycles. The predicted molar refractivity (Wildman–Crippen MR) is 63.9 cm³/mol. The molecule has 0 aliphatic carbocycles. The van der Waals surface area contributed by atoms with E-state index < -0.39 is 26.4 Å². The number of hydrogen-bond acceptors (Lipinski definition) is 6. The first-order chi connectivity index (χ1) is 8.21. The average molecular weight is 273 g/mol. The molecule has 1 aromatic rings. The summed E-state index contributed by atoms with van der Waals surface area (Å²) in [6.45, 7) is -0.279. The van der Waals surface area contributed by atoms with Crippen LogP contribution in [0.3, 0.4) is 0 Å². The summed E-state index contributed by atoms with van der Waals surface area (Å²) in [7, 11) is -3.53. The van der Waals surface area contributed by atoms with Crippen LogP contribution in [0.5, 0.6) is 0 Å². The lowest BCUT2D eigenvalue weighted by Gasteiger charge is -2.06. The summed E-state index contributed by atoms with van der Waals surface area (Å²) in [6.07, 6.45) is 0.947. The molecule has 1 aromatic carbocycles. The van der Waals surface area contributed by atoms with Gasteiger partial charge in [0, 0.05) is 12.3 Å². The third-order valence-corrected chi connectivity index (χ3v) is 3.16. The van der Waals surface area contributed by atoms with E-state index in [-0.39, 0.29) is 17.1 Å². The fraction of sp³-hybridized carbons (Fsp3) is 0.222. The highest BCUT2D eigenvalue weighted by Gasteiger charge is 2.18. The van der Waals surface area contributed by atoms with E-state index in [0.717, 1.165) is 12.3 Å². The fourth-order valence-corrected chi connectivity index (χ4v) is 1.87. The molecule has 0 fully saturated rings. The topological polar surface area (TPSA) is 132 Å². The van der Waals surface area contributed by atoms with E-state index in [1.165, 1.54) is 12.1 Å². The molecule has 0 aromatic heterocycles. The minimum absolute atomic E-state index is 0.0335. The molecule has 18 heavy (non-hydrogen) atoms. The van der Waals surface area contributed by atoms with Gasteiger partial charge in [-0.3, -0.25) is 14.9 Å². The third-order valence-electron chi connectivity index (χ3n) is 2.05. The Hall–Kier alpha value is -2.16. The molecule has 0 spiro atoms. The van der Waals surface area contributed by atoms with Crippen molar-refractivity contribution in [2.75, 3.05) is 18.1 Å². The first-order valence-corrected chi connectivity index (χ1v) is 6.61. The smallest absolute Gasteiger partial charge is 0.293 e. The molecule has 0 atom stereocenters. The van der Waals surface area contributed by atoms with Gasteiger partial charge in [0.15, 0.2) is 9.84 Å². The van der Waals surface area contributed by atoms with Crippen molar-refractivity contribution in [3.63, 3.8) is 0 Å². The number of primary amides is 1. The van der Waals surface area contributed by atoms with E-state index in [2.05, 4.69) is 5.32 Å². The summed E-state index contributed by atoms with van der Waals surface area (Å²) >= 11 is 0. The third kappa shape index (κ3) is 3.42. The Morgan fingerprint density at radius 1 is 1.50 bits per heavy atom. The maximum Gasteiger partial charge on any atom is 0.293 e. The highest BCUT2D eigenvalue weighted by molar-refractivity contribution is 7.90. The molecule has 8 nitrogen and oxygen atoms in total. The van der Waals surface area contributed by atoms with Gasteiger partial charge >= 0.3 is 0 Å². The quantitative estimate of drug-likeness (QED) is 0.568. The second kappa shape index (κ2) is 5.00. The maximum atomic E-state index is 11.3. The largest absolute Gasteiger partial charge is 0.371 e. The van der Waals surface area contributed by atoms with Crippen molar-refractivity contribution < 1.29 is 18.1 Å². The normalized spacial score (nSPS) is 10.9. The zero-order valence-corrected chi connectivity index (χ0v) is 10.2. The van der Waals surface area contributed by atoms with Gasteiger partial charge < -0.3 is 11.1 Å². The molecule has 0 saturated carbocycles. The number of nitro groups is 1. The van der Waals surface area contributed by atoms with E-state index in [1.54, 1.807) is 0 Å². The molecule has 0 aliphatic heterocycles. The number of benzene rings is 1. The number of hydrogen-bond donors (Lipinski definition) is 2. The van der Waals surface area contributed by atoms with Crippen LogP contribution in [0, 0.1) is 10.1 Å². The van der Waals surface area contributed by atoms with Crippen molar-refractivity contribution >= 4 is 27.1 Å². The number of carbonyl (C=O) groups excluding carboxylic acids is 1. The lowest BCUT2D eigenvalue weighted by atomic mass is 10.2. The zero-order chi connectivity index (χ0) is 13.9. The van der Waals surface area contributed by atoms with Gasteiger partial charge in [-0.05, 0) is 12.1 Å².